The van der Waals surface area contributed by atoms with Crippen LogP contribution in [0.1, 0.15) is 32.0 Å². The predicted molar refractivity (Wildman–Crippen MR) is 58.1 cm³/mol. The zero-order valence-electron chi connectivity index (χ0n) is 9.29. The summed E-state index contributed by atoms with van der Waals surface area (Å²) in [6, 6.07) is 4.57. The Hall–Kier alpha value is -0.800. The van der Waals surface area contributed by atoms with Gasteiger partial charge in [0.2, 0.25) is 0 Å². The second-order valence-electron chi connectivity index (χ2n) is 3.50. The van der Waals surface area contributed by atoms with Crippen molar-refractivity contribution < 1.29 is 4.74 Å². The van der Waals surface area contributed by atoms with Crippen LogP contribution < -0.4 is 5.32 Å². The summed E-state index contributed by atoms with van der Waals surface area (Å²) in [4.78, 5) is 0. The second kappa shape index (κ2) is 5.83. The van der Waals surface area contributed by atoms with Crippen LogP contribution in [0, 0.1) is 0 Å². The molecule has 1 unspecified atom stereocenters. The maximum atomic E-state index is 5.12. The normalized spacial score (nSPS) is 13.1. The van der Waals surface area contributed by atoms with Crippen LogP contribution in [-0.2, 0) is 11.5 Å². The van der Waals surface area contributed by atoms with Crippen LogP contribution in [0.3, 0.4) is 0 Å². The highest BCUT2D eigenvalue weighted by Crippen LogP contribution is 2.13. The van der Waals surface area contributed by atoms with Gasteiger partial charge in [0.25, 0.3) is 0 Å². The molecule has 0 amide bonds. The van der Waals surface area contributed by atoms with Gasteiger partial charge in [-0.15, -0.1) is 0 Å². The Labute approximate surface area is 86.1 Å². The summed E-state index contributed by atoms with van der Waals surface area (Å²) in [5, 5.41) is 3.46. The van der Waals surface area contributed by atoms with Crippen molar-refractivity contribution in [2.24, 2.45) is 0 Å². The molecule has 1 atom stereocenters. The zero-order chi connectivity index (χ0) is 10.4. The molecule has 0 aliphatic heterocycles. The van der Waals surface area contributed by atoms with Crippen molar-refractivity contribution >= 4 is 0 Å². The van der Waals surface area contributed by atoms with E-state index in [1.54, 1.807) is 7.11 Å². The fourth-order valence-electron chi connectivity index (χ4n) is 1.54. The van der Waals surface area contributed by atoms with Crippen LogP contribution in [0.25, 0.3) is 0 Å². The fourth-order valence-corrected chi connectivity index (χ4v) is 1.54. The van der Waals surface area contributed by atoms with E-state index in [0.29, 0.717) is 12.8 Å². The van der Waals surface area contributed by atoms with Crippen LogP contribution in [0.2, 0.25) is 0 Å². The monoisotopic (exact) mass is 196 g/mol. The lowest BCUT2D eigenvalue weighted by Crippen LogP contribution is -2.22. The third kappa shape index (κ3) is 2.86. The average Bonchev–Trinajstić information content (AvgIpc) is 2.63. The number of nitrogens with zero attached hydrogens (tertiary/aromatic N) is 1. The van der Waals surface area contributed by atoms with E-state index in [4.69, 9.17) is 4.74 Å². The maximum Gasteiger partial charge on any atom is 0.122 e. The van der Waals surface area contributed by atoms with Gasteiger partial charge in [-0.25, -0.2) is 0 Å². The van der Waals surface area contributed by atoms with E-state index >= 15 is 0 Å². The van der Waals surface area contributed by atoms with E-state index in [0.717, 1.165) is 13.0 Å². The highest BCUT2D eigenvalue weighted by Gasteiger charge is 2.08. The number of methoxy groups -OCH3 is 1. The first-order valence-corrected chi connectivity index (χ1v) is 5.17. The predicted octanol–water partition coefficient (Wildman–Crippen LogP) is 2.15. The van der Waals surface area contributed by atoms with Crippen molar-refractivity contribution in [1.29, 1.82) is 0 Å². The highest BCUT2D eigenvalue weighted by molar-refractivity contribution is 5.10. The van der Waals surface area contributed by atoms with Gasteiger partial charge in [0.15, 0.2) is 0 Å². The summed E-state index contributed by atoms with van der Waals surface area (Å²) in [6.07, 6.45) is 3.21. The topological polar surface area (TPSA) is 26.2 Å². The molecule has 1 aromatic rings. The molecule has 14 heavy (non-hydrogen) atoms. The van der Waals surface area contributed by atoms with Crippen molar-refractivity contribution in [3.05, 3.63) is 24.0 Å². The van der Waals surface area contributed by atoms with Crippen LogP contribution in [0.4, 0.5) is 0 Å². The van der Waals surface area contributed by atoms with E-state index in [1.165, 1.54) is 5.69 Å². The molecular weight excluding hydrogens is 176 g/mol. The molecule has 1 heterocycles. The number of nitrogens with one attached hydrogen (secondary N) is 1. The molecule has 0 spiro atoms. The smallest absolute Gasteiger partial charge is 0.122 e. The van der Waals surface area contributed by atoms with Crippen LogP contribution in [-0.4, -0.2) is 18.2 Å². The molecule has 0 saturated heterocycles. The summed E-state index contributed by atoms with van der Waals surface area (Å²) >= 11 is 0. The number of ether oxygens (including phenoxy) is 1. The van der Waals surface area contributed by atoms with E-state index in [1.807, 2.05) is 6.20 Å². The quantitative estimate of drug-likeness (QED) is 0.754. The van der Waals surface area contributed by atoms with Gasteiger partial charge >= 0.3 is 0 Å². The number of hydrogen-bond donors (Lipinski definition) is 1. The molecule has 0 radical (unpaired) electrons. The number of rotatable bonds is 6. The molecule has 0 aromatic carbocycles. The Balaban J connectivity index is 2.58. The van der Waals surface area contributed by atoms with E-state index in [-0.39, 0.29) is 0 Å². The first kappa shape index (κ1) is 11.3. The van der Waals surface area contributed by atoms with Crippen molar-refractivity contribution in [2.45, 2.75) is 33.0 Å². The summed E-state index contributed by atoms with van der Waals surface area (Å²) in [6.45, 7) is 6.03. The third-order valence-electron chi connectivity index (χ3n) is 2.28. The fraction of sp³-hybridized carbons (Fsp3) is 0.636. The standard InChI is InChI=1S/C11H20N2O/c1-4-7-12-10(2)11-6-5-8-13(11)9-14-3/h5-6,8,10,12H,4,7,9H2,1-3H3. The lowest BCUT2D eigenvalue weighted by Gasteiger charge is -2.16. The lowest BCUT2D eigenvalue weighted by molar-refractivity contribution is 0.128. The van der Waals surface area contributed by atoms with Gasteiger partial charge in [0, 0.05) is 25.0 Å². The maximum absolute atomic E-state index is 5.12. The zero-order valence-corrected chi connectivity index (χ0v) is 9.29. The Bertz CT molecular complexity index is 258. The first-order valence-electron chi connectivity index (χ1n) is 5.17. The minimum atomic E-state index is 0.389. The van der Waals surface area contributed by atoms with E-state index in [2.05, 4.69) is 35.9 Å². The molecule has 0 fully saturated rings. The van der Waals surface area contributed by atoms with Gasteiger partial charge in [-0.05, 0) is 32.0 Å². The molecule has 3 nitrogen and oxygen atoms in total. The molecular formula is C11H20N2O. The van der Waals surface area contributed by atoms with Crippen LogP contribution in [0.5, 0.6) is 0 Å². The Morgan fingerprint density at radius 2 is 2.36 bits per heavy atom. The van der Waals surface area contributed by atoms with E-state index in [9.17, 15) is 0 Å². The average molecular weight is 196 g/mol. The second-order valence-corrected chi connectivity index (χ2v) is 3.50. The van der Waals surface area contributed by atoms with E-state index < -0.39 is 0 Å². The largest absolute Gasteiger partial charge is 0.364 e. The molecule has 1 N–H and O–H groups in total. The van der Waals surface area contributed by atoms with Crippen LogP contribution >= 0.6 is 0 Å². The van der Waals surface area contributed by atoms with Gasteiger partial charge < -0.3 is 14.6 Å². The molecule has 3 heteroatoms. The minimum absolute atomic E-state index is 0.389. The molecule has 1 rings (SSSR count). The SMILES string of the molecule is CCCNC(C)c1cccn1COC. The highest BCUT2D eigenvalue weighted by atomic mass is 16.5. The molecule has 1 aromatic heterocycles. The summed E-state index contributed by atoms with van der Waals surface area (Å²) in [7, 11) is 1.72. The number of aromatic nitrogens is 1. The van der Waals surface area contributed by atoms with Gasteiger partial charge in [-0.2, -0.15) is 0 Å². The Morgan fingerprint density at radius 1 is 1.57 bits per heavy atom. The van der Waals surface area contributed by atoms with Crippen molar-refractivity contribution in [3.8, 4) is 0 Å². The summed E-state index contributed by atoms with van der Waals surface area (Å²) in [5.74, 6) is 0. The Morgan fingerprint density at radius 3 is 3.00 bits per heavy atom. The van der Waals surface area contributed by atoms with Crippen molar-refractivity contribution in [3.63, 3.8) is 0 Å². The molecule has 0 saturated carbocycles. The molecule has 0 bridgehead atoms. The molecule has 0 aliphatic carbocycles. The first-order chi connectivity index (χ1) is 6.79. The van der Waals surface area contributed by atoms with Gasteiger partial charge in [-0.3, -0.25) is 0 Å². The van der Waals surface area contributed by atoms with Gasteiger partial charge in [-0.1, -0.05) is 6.92 Å². The van der Waals surface area contributed by atoms with Crippen molar-refractivity contribution in [2.75, 3.05) is 13.7 Å². The van der Waals surface area contributed by atoms with Crippen LogP contribution in [0.15, 0.2) is 18.3 Å². The van der Waals surface area contributed by atoms with Gasteiger partial charge in [0.1, 0.15) is 6.73 Å². The summed E-state index contributed by atoms with van der Waals surface area (Å²) < 4.78 is 7.24. The van der Waals surface area contributed by atoms with Gasteiger partial charge in [0.05, 0.1) is 0 Å². The Kier molecular flexibility index (Phi) is 4.70. The minimum Gasteiger partial charge on any atom is -0.364 e. The molecule has 0 aliphatic rings. The summed E-state index contributed by atoms with van der Waals surface area (Å²) in [5.41, 5.74) is 1.28. The lowest BCUT2D eigenvalue weighted by atomic mass is 10.2. The number of hydrogen-bond acceptors (Lipinski definition) is 2. The third-order valence-corrected chi connectivity index (χ3v) is 2.28. The molecule has 80 valence electrons. The van der Waals surface area contributed by atoms with Crippen molar-refractivity contribution in [1.82, 2.24) is 9.88 Å².